The molecule has 0 radical (unpaired) electrons. The molecule has 19 heavy (non-hydrogen) atoms. The van der Waals surface area contributed by atoms with Gasteiger partial charge in [-0.15, -0.1) is 0 Å². The topological polar surface area (TPSA) is 72.8 Å². The third-order valence-electron chi connectivity index (χ3n) is 2.37. The monoisotopic (exact) mass is 279 g/mol. The Labute approximate surface area is 116 Å². The molecule has 0 saturated heterocycles. The quantitative estimate of drug-likeness (QED) is 0.845. The number of nitrogens with one attached hydrogen (secondary N) is 1. The van der Waals surface area contributed by atoms with Crippen molar-refractivity contribution in [1.82, 2.24) is 19.9 Å². The Hall–Kier alpha value is -1.79. The normalized spacial score (nSPS) is 12.2. The zero-order valence-corrected chi connectivity index (χ0v) is 11.4. The van der Waals surface area contributed by atoms with Crippen molar-refractivity contribution < 1.29 is 4.74 Å². The lowest BCUT2D eigenvalue weighted by Crippen LogP contribution is -2.21. The van der Waals surface area contributed by atoms with Crippen LogP contribution in [0.1, 0.15) is 6.92 Å². The molecule has 0 spiro atoms. The second-order valence-corrected chi connectivity index (χ2v) is 4.34. The molecule has 7 heteroatoms. The Kier molecular flexibility index (Phi) is 4.59. The number of halogens is 1. The number of rotatable bonds is 5. The van der Waals surface area contributed by atoms with Gasteiger partial charge >= 0.3 is 0 Å². The molecule has 1 unspecified atom stereocenters. The second kappa shape index (κ2) is 6.40. The van der Waals surface area contributed by atoms with E-state index in [9.17, 15) is 0 Å². The molecular formula is C12H14ClN5O. The van der Waals surface area contributed by atoms with Crippen LogP contribution in [0.25, 0.3) is 11.4 Å². The van der Waals surface area contributed by atoms with E-state index in [1.807, 2.05) is 13.0 Å². The third-order valence-corrected chi connectivity index (χ3v) is 2.55. The van der Waals surface area contributed by atoms with Crippen molar-refractivity contribution in [2.45, 2.75) is 13.0 Å². The minimum Gasteiger partial charge on any atom is -0.383 e. The summed E-state index contributed by atoms with van der Waals surface area (Å²) in [6, 6.07) is 3.71. The first-order chi connectivity index (χ1) is 9.19. The molecule has 0 fully saturated rings. The maximum absolute atomic E-state index is 5.76. The number of anilines is 1. The van der Waals surface area contributed by atoms with E-state index in [1.165, 1.54) is 6.33 Å². The molecule has 2 rings (SSSR count). The Morgan fingerprint density at radius 2 is 2.16 bits per heavy atom. The summed E-state index contributed by atoms with van der Waals surface area (Å²) in [5, 5.41) is 3.41. The van der Waals surface area contributed by atoms with Gasteiger partial charge in [-0.25, -0.2) is 19.9 Å². The summed E-state index contributed by atoms with van der Waals surface area (Å²) in [6.45, 7) is 2.60. The van der Waals surface area contributed by atoms with Crippen LogP contribution in [0.3, 0.4) is 0 Å². The second-order valence-electron chi connectivity index (χ2n) is 4.00. The van der Waals surface area contributed by atoms with Gasteiger partial charge in [-0.1, -0.05) is 0 Å². The lowest BCUT2D eigenvalue weighted by atomic mass is 10.2. The summed E-state index contributed by atoms with van der Waals surface area (Å²) in [6.07, 6.45) is 3.07. The number of aromatic nitrogens is 4. The van der Waals surface area contributed by atoms with E-state index in [-0.39, 0.29) is 11.3 Å². The van der Waals surface area contributed by atoms with Crippen LogP contribution in [-0.4, -0.2) is 39.7 Å². The van der Waals surface area contributed by atoms with Gasteiger partial charge in [0, 0.05) is 25.4 Å². The fourth-order valence-electron chi connectivity index (χ4n) is 1.60. The lowest BCUT2D eigenvalue weighted by Gasteiger charge is -2.13. The van der Waals surface area contributed by atoms with Gasteiger partial charge in [0.25, 0.3) is 0 Å². The number of hydrogen-bond donors (Lipinski definition) is 1. The molecule has 0 amide bonds. The van der Waals surface area contributed by atoms with E-state index in [4.69, 9.17) is 16.3 Å². The summed E-state index contributed by atoms with van der Waals surface area (Å²) in [5.41, 5.74) is 1.34. The largest absolute Gasteiger partial charge is 0.383 e. The van der Waals surface area contributed by atoms with E-state index in [1.54, 1.807) is 19.4 Å². The molecule has 0 saturated carbocycles. The summed E-state index contributed by atoms with van der Waals surface area (Å²) in [7, 11) is 1.66. The van der Waals surface area contributed by atoms with E-state index in [2.05, 4.69) is 25.3 Å². The molecule has 1 atom stereocenters. The van der Waals surface area contributed by atoms with Crippen molar-refractivity contribution in [3.8, 4) is 11.4 Å². The predicted octanol–water partition coefficient (Wildman–Crippen LogP) is 2.03. The van der Waals surface area contributed by atoms with Gasteiger partial charge in [-0.05, 0) is 24.6 Å². The summed E-state index contributed by atoms with van der Waals surface area (Å²) in [4.78, 5) is 16.3. The number of nitrogens with zero attached hydrogens (tertiary/aromatic N) is 4. The van der Waals surface area contributed by atoms with Crippen LogP contribution in [0.5, 0.6) is 0 Å². The van der Waals surface area contributed by atoms with E-state index in [0.717, 1.165) is 0 Å². The van der Waals surface area contributed by atoms with Crippen molar-refractivity contribution >= 4 is 17.4 Å². The Morgan fingerprint density at radius 1 is 1.32 bits per heavy atom. The molecule has 2 aromatic rings. The van der Waals surface area contributed by atoms with Gasteiger partial charge in [0.05, 0.1) is 18.0 Å². The van der Waals surface area contributed by atoms with Gasteiger partial charge in [-0.3, -0.25) is 0 Å². The van der Waals surface area contributed by atoms with E-state index < -0.39 is 0 Å². The molecular weight excluding hydrogens is 266 g/mol. The highest BCUT2D eigenvalue weighted by molar-refractivity contribution is 6.28. The van der Waals surface area contributed by atoms with Crippen molar-refractivity contribution in [2.75, 3.05) is 19.0 Å². The van der Waals surface area contributed by atoms with Gasteiger partial charge in [-0.2, -0.15) is 0 Å². The summed E-state index contributed by atoms with van der Waals surface area (Å²) in [5.74, 6) is 0.712. The maximum Gasteiger partial charge on any atom is 0.222 e. The fourth-order valence-corrected chi connectivity index (χ4v) is 1.75. The average molecular weight is 280 g/mol. The van der Waals surface area contributed by atoms with Crippen LogP contribution in [0.4, 0.5) is 5.82 Å². The molecule has 0 aliphatic heterocycles. The number of ether oxygens (including phenoxy) is 1. The minimum atomic E-state index is 0.154. The molecule has 1 N–H and O–H groups in total. The molecule has 0 aromatic carbocycles. The first-order valence-electron chi connectivity index (χ1n) is 5.75. The SMILES string of the molecule is COCC(C)Nc1cc(-c2ccnc(Cl)n2)ncn1. The molecule has 0 aliphatic carbocycles. The summed E-state index contributed by atoms with van der Waals surface area (Å²) >= 11 is 5.76. The first kappa shape index (κ1) is 13.6. The smallest absolute Gasteiger partial charge is 0.222 e. The van der Waals surface area contributed by atoms with Crippen LogP contribution in [0.2, 0.25) is 5.28 Å². The molecule has 2 aromatic heterocycles. The van der Waals surface area contributed by atoms with Crippen LogP contribution in [0.15, 0.2) is 24.7 Å². The minimum absolute atomic E-state index is 0.154. The summed E-state index contributed by atoms with van der Waals surface area (Å²) < 4.78 is 5.06. The molecule has 100 valence electrons. The fraction of sp³-hybridized carbons (Fsp3) is 0.333. The first-order valence-corrected chi connectivity index (χ1v) is 6.13. The Bertz CT molecular complexity index is 551. The zero-order valence-electron chi connectivity index (χ0n) is 10.7. The van der Waals surface area contributed by atoms with Crippen LogP contribution in [-0.2, 0) is 4.74 Å². The highest BCUT2D eigenvalue weighted by atomic mass is 35.5. The lowest BCUT2D eigenvalue weighted by molar-refractivity contribution is 0.190. The van der Waals surface area contributed by atoms with Crippen LogP contribution < -0.4 is 5.32 Å². The van der Waals surface area contributed by atoms with Crippen LogP contribution >= 0.6 is 11.6 Å². The standard InChI is InChI=1S/C12H14ClN5O/c1-8(6-19-2)17-11-5-10(15-7-16-11)9-3-4-14-12(13)18-9/h3-5,7-8H,6H2,1-2H3,(H,15,16,17). The van der Waals surface area contributed by atoms with Crippen molar-refractivity contribution in [3.63, 3.8) is 0 Å². The van der Waals surface area contributed by atoms with Crippen molar-refractivity contribution in [2.24, 2.45) is 0 Å². The molecule has 2 heterocycles. The zero-order chi connectivity index (χ0) is 13.7. The van der Waals surface area contributed by atoms with Gasteiger partial charge in [0.2, 0.25) is 5.28 Å². The highest BCUT2D eigenvalue weighted by Gasteiger charge is 2.06. The van der Waals surface area contributed by atoms with E-state index >= 15 is 0 Å². The third kappa shape index (κ3) is 3.84. The predicted molar refractivity (Wildman–Crippen MR) is 73.0 cm³/mol. The molecule has 0 aliphatic rings. The van der Waals surface area contributed by atoms with Crippen molar-refractivity contribution in [3.05, 3.63) is 29.9 Å². The Morgan fingerprint density at radius 3 is 2.89 bits per heavy atom. The van der Waals surface area contributed by atoms with Crippen LogP contribution in [0, 0.1) is 0 Å². The average Bonchev–Trinajstić information content (AvgIpc) is 2.39. The van der Waals surface area contributed by atoms with E-state index in [0.29, 0.717) is 23.8 Å². The van der Waals surface area contributed by atoms with Gasteiger partial charge < -0.3 is 10.1 Å². The number of methoxy groups -OCH3 is 1. The Balaban J connectivity index is 2.19. The maximum atomic E-state index is 5.76. The molecule has 0 bridgehead atoms. The van der Waals surface area contributed by atoms with Gasteiger partial charge in [0.15, 0.2) is 0 Å². The van der Waals surface area contributed by atoms with Gasteiger partial charge in [0.1, 0.15) is 12.1 Å². The highest BCUT2D eigenvalue weighted by Crippen LogP contribution is 2.17. The number of hydrogen-bond acceptors (Lipinski definition) is 6. The molecule has 6 nitrogen and oxygen atoms in total. The van der Waals surface area contributed by atoms with Crippen molar-refractivity contribution in [1.29, 1.82) is 0 Å².